The molecule has 0 radical (unpaired) electrons. The van der Waals surface area contributed by atoms with Gasteiger partial charge in [-0.25, -0.2) is 9.59 Å². The Kier molecular flexibility index (Phi) is 5.59. The van der Waals surface area contributed by atoms with E-state index in [9.17, 15) is 19.5 Å². The number of fused-ring (bicyclic) bond motifs is 2. The quantitative estimate of drug-likeness (QED) is 0.444. The van der Waals surface area contributed by atoms with Crippen molar-refractivity contribution in [2.24, 2.45) is 0 Å². The molecule has 0 atom stereocenters. The number of carboxylic acid groups (broad SMARTS) is 2. The third-order valence-corrected chi connectivity index (χ3v) is 5.69. The Morgan fingerprint density at radius 2 is 1.85 bits per heavy atom. The summed E-state index contributed by atoms with van der Waals surface area (Å²) in [6.07, 6.45) is 10.7. The van der Waals surface area contributed by atoms with Gasteiger partial charge < -0.3 is 19.5 Å². The summed E-state index contributed by atoms with van der Waals surface area (Å²) in [4.78, 5) is 34.9. The zero-order chi connectivity index (χ0) is 23.9. The van der Waals surface area contributed by atoms with Crippen molar-refractivity contribution in [3.8, 4) is 11.1 Å². The van der Waals surface area contributed by atoms with E-state index in [-0.39, 0.29) is 13.1 Å². The second-order valence-corrected chi connectivity index (χ2v) is 8.07. The molecular weight excluding hydrogens is 424 g/mol. The number of aryl methyl sites for hydroxylation is 1. The van der Waals surface area contributed by atoms with Crippen LogP contribution in [-0.4, -0.2) is 39.8 Å². The highest BCUT2D eigenvalue weighted by molar-refractivity contribution is 6.08. The monoisotopic (exact) mass is 447 g/mol. The van der Waals surface area contributed by atoms with Gasteiger partial charge in [0.1, 0.15) is 12.1 Å². The van der Waals surface area contributed by atoms with Gasteiger partial charge in [0, 0.05) is 23.5 Å². The van der Waals surface area contributed by atoms with Gasteiger partial charge in [-0.05, 0) is 53.8 Å². The molecule has 1 aromatic rings. The second kappa shape index (κ2) is 8.38. The molecule has 0 unspecified atom stereocenters. The third kappa shape index (κ3) is 4.15. The Hall–Kier alpha value is -4.20. The summed E-state index contributed by atoms with van der Waals surface area (Å²) in [6.45, 7) is 3.49. The van der Waals surface area contributed by atoms with Crippen LogP contribution in [0.5, 0.6) is 0 Å². The van der Waals surface area contributed by atoms with Gasteiger partial charge in [0.2, 0.25) is 6.54 Å². The van der Waals surface area contributed by atoms with Gasteiger partial charge in [-0.15, -0.1) is 0 Å². The van der Waals surface area contributed by atoms with Crippen LogP contribution >= 0.6 is 0 Å². The molecule has 33 heavy (non-hydrogen) atoms. The number of carbonyl (C=O) groups is 3. The van der Waals surface area contributed by atoms with Crippen molar-refractivity contribution < 1.29 is 33.9 Å². The molecule has 2 heterocycles. The van der Waals surface area contributed by atoms with Gasteiger partial charge in [0.25, 0.3) is 0 Å². The van der Waals surface area contributed by atoms with E-state index in [1.54, 1.807) is 17.0 Å². The van der Waals surface area contributed by atoms with Crippen LogP contribution in [0.3, 0.4) is 0 Å². The number of aromatic nitrogens is 2. The molecule has 0 fully saturated rings. The lowest BCUT2D eigenvalue weighted by Crippen LogP contribution is -2.39. The van der Waals surface area contributed by atoms with E-state index < -0.39 is 17.9 Å². The van der Waals surface area contributed by atoms with Gasteiger partial charge in [-0.2, -0.15) is 4.57 Å². The van der Waals surface area contributed by atoms with Crippen LogP contribution in [0.2, 0.25) is 0 Å². The summed E-state index contributed by atoms with van der Waals surface area (Å²) in [6, 6.07) is 3.91. The molecule has 1 aromatic heterocycles. The molecule has 168 valence electrons. The van der Waals surface area contributed by atoms with Crippen molar-refractivity contribution in [1.29, 1.82) is 0 Å². The molecule has 8 nitrogen and oxygen atoms in total. The van der Waals surface area contributed by atoms with E-state index in [4.69, 9.17) is 9.84 Å². The van der Waals surface area contributed by atoms with Crippen molar-refractivity contribution in [1.82, 2.24) is 4.57 Å². The first-order valence-corrected chi connectivity index (χ1v) is 10.3. The molecule has 0 saturated heterocycles. The van der Waals surface area contributed by atoms with Crippen LogP contribution in [0.15, 0.2) is 43.0 Å². The number of pyridine rings is 2. The SMILES string of the molecule is COC(=O)c1c[n+](CC(=O)O)cc2c1C(=Cc1cc(C)c3cn(CC(=O)O)ccc1-3)C=C2C. The number of ether oxygens (including phenoxy) is 1. The molecule has 2 aliphatic carbocycles. The number of carbonyl (C=O) groups excluding carboxylic acids is 1. The Labute approximate surface area is 190 Å². The summed E-state index contributed by atoms with van der Waals surface area (Å²) in [5, 5.41) is 18.3. The Balaban J connectivity index is 1.85. The highest BCUT2D eigenvalue weighted by Gasteiger charge is 2.29. The van der Waals surface area contributed by atoms with Crippen LogP contribution in [0.4, 0.5) is 0 Å². The fraction of sp³-hybridized carbons (Fsp3) is 0.200. The van der Waals surface area contributed by atoms with Gasteiger partial charge in [-0.1, -0.05) is 12.1 Å². The van der Waals surface area contributed by atoms with E-state index in [0.717, 1.165) is 39.0 Å². The number of hydrogen-bond donors (Lipinski definition) is 2. The first kappa shape index (κ1) is 22.0. The molecule has 8 heteroatoms. The zero-order valence-corrected chi connectivity index (χ0v) is 18.5. The first-order valence-electron chi connectivity index (χ1n) is 10.3. The lowest BCUT2D eigenvalue weighted by Gasteiger charge is -2.10. The van der Waals surface area contributed by atoms with Gasteiger partial charge >= 0.3 is 17.9 Å². The molecule has 3 aliphatic rings. The fourth-order valence-corrected chi connectivity index (χ4v) is 4.30. The second-order valence-electron chi connectivity index (χ2n) is 8.07. The number of nitrogens with zero attached hydrogens (tertiary/aromatic N) is 2. The van der Waals surface area contributed by atoms with E-state index in [2.05, 4.69) is 0 Å². The molecule has 2 N–H and O–H groups in total. The van der Waals surface area contributed by atoms with Gasteiger partial charge in [0.15, 0.2) is 12.4 Å². The topological polar surface area (TPSA) is 110 Å². The van der Waals surface area contributed by atoms with E-state index in [1.165, 1.54) is 17.9 Å². The number of allylic oxidation sites excluding steroid dienone is 3. The number of hydrogen-bond acceptors (Lipinski definition) is 4. The van der Waals surface area contributed by atoms with Gasteiger partial charge in [-0.3, -0.25) is 4.79 Å². The lowest BCUT2D eigenvalue weighted by molar-refractivity contribution is -0.686. The lowest BCUT2D eigenvalue weighted by atomic mass is 9.98. The maximum Gasteiger partial charge on any atom is 0.370 e. The van der Waals surface area contributed by atoms with Crippen LogP contribution < -0.4 is 4.57 Å². The highest BCUT2D eigenvalue weighted by atomic mass is 16.5. The largest absolute Gasteiger partial charge is 0.480 e. The predicted molar refractivity (Wildman–Crippen MR) is 121 cm³/mol. The first-order chi connectivity index (χ1) is 15.7. The number of carboxylic acids is 2. The molecule has 1 aliphatic heterocycles. The van der Waals surface area contributed by atoms with Gasteiger partial charge in [0.05, 0.1) is 12.7 Å². The van der Waals surface area contributed by atoms with Crippen molar-refractivity contribution in [3.63, 3.8) is 0 Å². The average Bonchev–Trinajstić information content (AvgIpc) is 3.22. The zero-order valence-electron chi connectivity index (χ0n) is 18.5. The van der Waals surface area contributed by atoms with Crippen molar-refractivity contribution >= 4 is 35.1 Å². The van der Waals surface area contributed by atoms with Crippen LogP contribution in [0, 0.1) is 6.92 Å². The predicted octanol–water partition coefficient (Wildman–Crippen LogP) is 3.10. The average molecular weight is 447 g/mol. The normalized spacial score (nSPS) is 13.8. The van der Waals surface area contributed by atoms with Crippen molar-refractivity contribution in [2.75, 3.05) is 7.11 Å². The minimum atomic E-state index is -1.01. The minimum absolute atomic E-state index is 0.120. The summed E-state index contributed by atoms with van der Waals surface area (Å²) in [7, 11) is 1.29. The number of rotatable bonds is 6. The molecule has 0 amide bonds. The number of esters is 1. The number of aliphatic carboxylic acids is 2. The Bertz CT molecular complexity index is 1350. The van der Waals surface area contributed by atoms with E-state index >= 15 is 0 Å². The van der Waals surface area contributed by atoms with Crippen molar-refractivity contribution in [2.45, 2.75) is 26.9 Å². The smallest absolute Gasteiger partial charge is 0.370 e. The molecule has 0 aromatic carbocycles. The summed E-state index contributed by atoms with van der Waals surface area (Å²) in [5.41, 5.74) is 7.37. The fourth-order valence-electron chi connectivity index (χ4n) is 4.30. The Morgan fingerprint density at radius 1 is 1.09 bits per heavy atom. The van der Waals surface area contributed by atoms with Crippen LogP contribution in [0.25, 0.3) is 28.3 Å². The van der Waals surface area contributed by atoms with Crippen molar-refractivity contribution in [3.05, 3.63) is 70.8 Å². The Morgan fingerprint density at radius 3 is 2.52 bits per heavy atom. The number of methoxy groups -OCH3 is 1. The maximum atomic E-state index is 12.6. The summed E-state index contributed by atoms with van der Waals surface area (Å²) < 4.78 is 8.07. The molecule has 0 saturated carbocycles. The third-order valence-electron chi connectivity index (χ3n) is 5.69. The summed E-state index contributed by atoms with van der Waals surface area (Å²) >= 11 is 0. The maximum absolute atomic E-state index is 12.6. The minimum Gasteiger partial charge on any atom is -0.480 e. The summed E-state index contributed by atoms with van der Waals surface area (Å²) in [5.74, 6) is -2.46. The van der Waals surface area contributed by atoms with Crippen LogP contribution in [-0.2, 0) is 27.4 Å². The molecule has 4 rings (SSSR count). The van der Waals surface area contributed by atoms with E-state index in [0.29, 0.717) is 11.1 Å². The highest BCUT2D eigenvalue weighted by Crippen LogP contribution is 2.40. The molecule has 0 spiro atoms. The standard InChI is InChI=1S/C25H22N2O6/c1-14-6-16(18-4-5-26(9-19(14)18)12-22(28)29)8-17-7-15(2)20-10-27(13-23(30)31)11-21(24(17)20)25(32)33-3/h4-11H,12-13H2,1-3H3,(H-,28,29,30,31)/p+1. The molecule has 0 bridgehead atoms. The molecular formula is C25H23N2O6+. The van der Waals surface area contributed by atoms with Crippen LogP contribution in [0.1, 0.15) is 39.5 Å². The van der Waals surface area contributed by atoms with E-state index in [1.807, 2.05) is 44.3 Å².